The van der Waals surface area contributed by atoms with Gasteiger partial charge in [0, 0.05) is 34.6 Å². The average molecular weight is 375 g/mol. The van der Waals surface area contributed by atoms with Crippen LogP contribution in [0, 0.1) is 5.82 Å². The molecule has 1 aliphatic rings. The van der Waals surface area contributed by atoms with Crippen LogP contribution in [0.25, 0.3) is 0 Å². The summed E-state index contributed by atoms with van der Waals surface area (Å²) in [5, 5.41) is 3.63. The predicted molar refractivity (Wildman–Crippen MR) is 93.6 cm³/mol. The summed E-state index contributed by atoms with van der Waals surface area (Å²) in [4.78, 5) is 2.42. The Morgan fingerprint density at radius 3 is 3.00 bits per heavy atom. The van der Waals surface area contributed by atoms with Crippen molar-refractivity contribution in [2.24, 2.45) is 0 Å². The van der Waals surface area contributed by atoms with Crippen LogP contribution in [0.4, 0.5) is 4.39 Å². The maximum Gasteiger partial charge on any atom is 0.127 e. The van der Waals surface area contributed by atoms with E-state index in [1.807, 2.05) is 23.9 Å². The molecule has 0 spiro atoms. The van der Waals surface area contributed by atoms with Crippen molar-refractivity contribution in [2.45, 2.75) is 31.8 Å². The molecule has 1 saturated heterocycles. The van der Waals surface area contributed by atoms with Crippen molar-refractivity contribution in [2.75, 3.05) is 31.6 Å². The highest BCUT2D eigenvalue weighted by Crippen LogP contribution is 2.22. The first-order valence-electron chi connectivity index (χ1n) is 7.57. The van der Waals surface area contributed by atoms with Crippen LogP contribution in [0.3, 0.4) is 0 Å². The van der Waals surface area contributed by atoms with E-state index in [2.05, 4.69) is 40.1 Å². The lowest BCUT2D eigenvalue weighted by Gasteiger charge is -2.38. The average Bonchev–Trinajstić information content (AvgIpc) is 2.46. The van der Waals surface area contributed by atoms with E-state index in [4.69, 9.17) is 0 Å². The summed E-state index contributed by atoms with van der Waals surface area (Å²) in [5.41, 5.74) is 0.802. The molecule has 0 aliphatic carbocycles. The van der Waals surface area contributed by atoms with Gasteiger partial charge in [0.2, 0.25) is 0 Å². The summed E-state index contributed by atoms with van der Waals surface area (Å²) in [6, 6.07) is 6.16. The Balaban J connectivity index is 2.11. The van der Waals surface area contributed by atoms with Gasteiger partial charge in [0.25, 0.3) is 0 Å². The van der Waals surface area contributed by atoms with Gasteiger partial charge in [0.1, 0.15) is 5.82 Å². The van der Waals surface area contributed by atoms with Gasteiger partial charge in [0.05, 0.1) is 0 Å². The molecule has 1 aromatic carbocycles. The monoisotopic (exact) mass is 374 g/mol. The fraction of sp³-hybridized carbons (Fsp3) is 0.625. The summed E-state index contributed by atoms with van der Waals surface area (Å²) in [6.45, 7) is 4.27. The van der Waals surface area contributed by atoms with E-state index in [9.17, 15) is 4.39 Å². The summed E-state index contributed by atoms with van der Waals surface area (Å²) in [6.07, 6.45) is 1.84. The molecule has 1 fully saturated rings. The minimum atomic E-state index is -0.112. The molecule has 1 aromatic rings. The van der Waals surface area contributed by atoms with E-state index in [-0.39, 0.29) is 5.82 Å². The number of benzene rings is 1. The molecule has 2 rings (SSSR count). The maximum atomic E-state index is 14.1. The van der Waals surface area contributed by atoms with Crippen LogP contribution >= 0.6 is 27.7 Å². The van der Waals surface area contributed by atoms with Crippen LogP contribution in [0.1, 0.15) is 18.9 Å². The molecule has 2 atom stereocenters. The lowest BCUT2D eigenvalue weighted by atomic mass is 9.98. The number of rotatable bonds is 6. The summed E-state index contributed by atoms with van der Waals surface area (Å²) >= 11 is 5.33. The normalized spacial score (nSPS) is 21.4. The minimum absolute atomic E-state index is 0.112. The molecule has 1 aliphatic heterocycles. The largest absolute Gasteiger partial charge is 0.312 e. The second-order valence-corrected chi connectivity index (χ2v) is 7.69. The number of nitrogens with zero attached hydrogens (tertiary/aromatic N) is 1. The molecule has 1 N–H and O–H groups in total. The first kappa shape index (κ1) is 17.3. The third-order valence-electron chi connectivity index (χ3n) is 4.02. The number of hydrogen-bond donors (Lipinski definition) is 1. The molecule has 2 nitrogen and oxygen atoms in total. The highest BCUT2D eigenvalue weighted by atomic mass is 79.9. The smallest absolute Gasteiger partial charge is 0.127 e. The van der Waals surface area contributed by atoms with E-state index < -0.39 is 0 Å². The fourth-order valence-corrected chi connectivity index (χ4v) is 4.37. The molecule has 0 aromatic heterocycles. The highest BCUT2D eigenvalue weighted by Gasteiger charge is 2.28. The first-order valence-corrected chi connectivity index (χ1v) is 9.52. The second-order valence-electron chi connectivity index (χ2n) is 5.62. The quantitative estimate of drug-likeness (QED) is 0.819. The molecule has 0 bridgehead atoms. The molecule has 0 radical (unpaired) electrons. The Bertz CT molecular complexity index is 458. The number of halogens is 2. The van der Waals surface area contributed by atoms with E-state index in [0.717, 1.165) is 41.7 Å². The van der Waals surface area contributed by atoms with Gasteiger partial charge in [-0.05, 0) is 44.1 Å². The van der Waals surface area contributed by atoms with Gasteiger partial charge in [0.15, 0.2) is 0 Å². The summed E-state index contributed by atoms with van der Waals surface area (Å²) in [7, 11) is 2.18. The first-order chi connectivity index (χ1) is 10.1. The van der Waals surface area contributed by atoms with Crippen molar-refractivity contribution in [1.82, 2.24) is 10.2 Å². The van der Waals surface area contributed by atoms with Crippen molar-refractivity contribution in [3.8, 4) is 0 Å². The molecule has 1 heterocycles. The van der Waals surface area contributed by atoms with Gasteiger partial charge in [-0.2, -0.15) is 11.8 Å². The SMILES string of the molecule is CCCNC(Cc1ccc(Br)cc1F)C1CSCCN1C. The predicted octanol–water partition coefficient (Wildman–Crippen LogP) is 3.55. The lowest BCUT2D eigenvalue weighted by molar-refractivity contribution is 0.213. The molecular formula is C16H24BrFN2S. The van der Waals surface area contributed by atoms with E-state index in [1.54, 1.807) is 6.07 Å². The minimum Gasteiger partial charge on any atom is -0.312 e. The number of nitrogens with one attached hydrogen (secondary N) is 1. The molecular weight excluding hydrogens is 351 g/mol. The Morgan fingerprint density at radius 2 is 2.33 bits per heavy atom. The van der Waals surface area contributed by atoms with Crippen LogP contribution in [0.5, 0.6) is 0 Å². The zero-order chi connectivity index (χ0) is 15.2. The highest BCUT2D eigenvalue weighted by molar-refractivity contribution is 9.10. The standard InChI is InChI=1S/C16H24BrFN2S/c1-3-6-19-15(16-11-21-8-7-20(16)2)9-12-4-5-13(17)10-14(12)18/h4-5,10,15-16,19H,3,6-9,11H2,1-2H3. The van der Waals surface area contributed by atoms with Crippen molar-refractivity contribution in [3.05, 3.63) is 34.1 Å². The van der Waals surface area contributed by atoms with Crippen LogP contribution in [-0.4, -0.2) is 48.6 Å². The third-order valence-corrected chi connectivity index (χ3v) is 5.56. The van der Waals surface area contributed by atoms with Crippen molar-refractivity contribution < 1.29 is 4.39 Å². The van der Waals surface area contributed by atoms with Gasteiger partial charge >= 0.3 is 0 Å². The van der Waals surface area contributed by atoms with Gasteiger partial charge in [-0.3, -0.25) is 0 Å². The van der Waals surface area contributed by atoms with Gasteiger partial charge in [-0.25, -0.2) is 4.39 Å². The Kier molecular flexibility index (Phi) is 6.99. The van der Waals surface area contributed by atoms with Crippen molar-refractivity contribution in [3.63, 3.8) is 0 Å². The Morgan fingerprint density at radius 1 is 1.52 bits per heavy atom. The second kappa shape index (κ2) is 8.51. The summed E-state index contributed by atoms with van der Waals surface area (Å²) in [5.74, 6) is 2.20. The Hall–Kier alpha value is -0.100. The number of hydrogen-bond acceptors (Lipinski definition) is 3. The van der Waals surface area contributed by atoms with Gasteiger partial charge in [-0.15, -0.1) is 0 Å². The van der Waals surface area contributed by atoms with Crippen LogP contribution in [-0.2, 0) is 6.42 Å². The molecule has 21 heavy (non-hydrogen) atoms. The van der Waals surface area contributed by atoms with E-state index in [0.29, 0.717) is 12.1 Å². The zero-order valence-electron chi connectivity index (χ0n) is 12.7. The van der Waals surface area contributed by atoms with E-state index >= 15 is 0 Å². The molecule has 2 unspecified atom stereocenters. The Labute approximate surface area is 140 Å². The lowest BCUT2D eigenvalue weighted by Crippen LogP contribution is -2.53. The molecule has 0 amide bonds. The van der Waals surface area contributed by atoms with Crippen LogP contribution in [0.15, 0.2) is 22.7 Å². The maximum absolute atomic E-state index is 14.1. The molecule has 0 saturated carbocycles. The molecule has 5 heteroatoms. The van der Waals surface area contributed by atoms with Crippen molar-refractivity contribution in [1.29, 1.82) is 0 Å². The number of thioether (sulfide) groups is 1. The van der Waals surface area contributed by atoms with Crippen LogP contribution < -0.4 is 5.32 Å². The zero-order valence-corrected chi connectivity index (χ0v) is 15.1. The topological polar surface area (TPSA) is 15.3 Å². The summed E-state index contributed by atoms with van der Waals surface area (Å²) < 4.78 is 14.9. The van der Waals surface area contributed by atoms with Gasteiger partial charge < -0.3 is 10.2 Å². The molecule has 118 valence electrons. The van der Waals surface area contributed by atoms with Crippen LogP contribution in [0.2, 0.25) is 0 Å². The fourth-order valence-electron chi connectivity index (χ4n) is 2.73. The third kappa shape index (κ3) is 4.95. The van der Waals surface area contributed by atoms with Crippen molar-refractivity contribution >= 4 is 27.7 Å². The van der Waals surface area contributed by atoms with Gasteiger partial charge in [-0.1, -0.05) is 28.9 Å². The van der Waals surface area contributed by atoms with E-state index in [1.165, 1.54) is 5.75 Å². The number of likely N-dealkylation sites (N-methyl/N-ethyl adjacent to an activating group) is 1.